The number of sulfonamides is 1. The van der Waals surface area contributed by atoms with Crippen molar-refractivity contribution in [1.29, 1.82) is 0 Å². The van der Waals surface area contributed by atoms with Gasteiger partial charge in [0, 0.05) is 25.4 Å². The quantitative estimate of drug-likeness (QED) is 0.752. The lowest BCUT2D eigenvalue weighted by molar-refractivity contribution is 0.0985. The largest absolute Gasteiger partial charge is 0.318 e. The Morgan fingerprint density at radius 2 is 2.21 bits per heavy atom. The van der Waals surface area contributed by atoms with Crippen molar-refractivity contribution in [2.24, 2.45) is 7.05 Å². The molecule has 3 aromatic rings. The molecule has 24 heavy (non-hydrogen) atoms. The highest BCUT2D eigenvalue weighted by Crippen LogP contribution is 2.28. The number of aromatic nitrogens is 4. The van der Waals surface area contributed by atoms with E-state index in [1.165, 1.54) is 17.5 Å². The van der Waals surface area contributed by atoms with Crippen molar-refractivity contribution in [3.8, 4) is 0 Å². The minimum absolute atomic E-state index is 0.0438. The molecule has 0 spiro atoms. The molecule has 0 unspecified atom stereocenters. The average Bonchev–Trinajstić information content (AvgIpc) is 3.22. The van der Waals surface area contributed by atoms with Crippen LogP contribution in [0.15, 0.2) is 17.3 Å². The Bertz CT molecular complexity index is 1040. The van der Waals surface area contributed by atoms with E-state index in [1.807, 2.05) is 6.92 Å². The van der Waals surface area contributed by atoms with Crippen molar-refractivity contribution < 1.29 is 13.2 Å². The monoisotopic (exact) mass is 365 g/mol. The molecule has 0 atom stereocenters. The Labute approximate surface area is 142 Å². The minimum atomic E-state index is -3.95. The standard InChI is InChI=1S/C14H15N5O3S2/c1-8-9-6-10(23-14(9)18(2)16-8)13(20)17-24(21,22)12-7-15-11-4-3-5-19(11)12/h6-7H,3-5H2,1-2H3,(H,17,20). The minimum Gasteiger partial charge on any atom is -0.318 e. The van der Waals surface area contributed by atoms with Crippen LogP contribution in [0.1, 0.15) is 27.6 Å². The molecule has 0 aromatic carbocycles. The third-order valence-corrected chi connectivity index (χ3v) is 6.64. The van der Waals surface area contributed by atoms with Gasteiger partial charge >= 0.3 is 0 Å². The number of hydrogen-bond donors (Lipinski definition) is 1. The lowest BCUT2D eigenvalue weighted by Crippen LogP contribution is -2.31. The average molecular weight is 365 g/mol. The second-order valence-corrected chi connectivity index (χ2v) is 8.40. The van der Waals surface area contributed by atoms with Gasteiger partial charge in [0.1, 0.15) is 10.7 Å². The number of nitrogens with one attached hydrogen (secondary N) is 1. The van der Waals surface area contributed by atoms with Crippen molar-refractivity contribution in [3.05, 3.63) is 28.7 Å². The molecule has 126 valence electrons. The summed E-state index contributed by atoms with van der Waals surface area (Å²) in [5.74, 6) is 0.107. The fraction of sp³-hybridized carbons (Fsp3) is 0.357. The number of aryl methyl sites for hydroxylation is 3. The molecular weight excluding hydrogens is 350 g/mol. The predicted octanol–water partition coefficient (Wildman–Crippen LogP) is 1.20. The number of rotatable bonds is 3. The van der Waals surface area contributed by atoms with Crippen LogP contribution in [0, 0.1) is 6.92 Å². The highest BCUT2D eigenvalue weighted by atomic mass is 32.2. The van der Waals surface area contributed by atoms with E-state index in [9.17, 15) is 13.2 Å². The van der Waals surface area contributed by atoms with Crippen molar-refractivity contribution in [3.63, 3.8) is 0 Å². The zero-order chi connectivity index (χ0) is 17.1. The zero-order valence-electron chi connectivity index (χ0n) is 13.1. The first-order valence-corrected chi connectivity index (χ1v) is 9.71. The highest BCUT2D eigenvalue weighted by molar-refractivity contribution is 7.90. The number of thiophene rings is 1. The van der Waals surface area contributed by atoms with E-state index < -0.39 is 15.9 Å². The molecule has 0 aliphatic carbocycles. The van der Waals surface area contributed by atoms with E-state index in [0.29, 0.717) is 11.4 Å². The van der Waals surface area contributed by atoms with Gasteiger partial charge in [0.05, 0.1) is 16.8 Å². The molecule has 0 radical (unpaired) electrons. The summed E-state index contributed by atoms with van der Waals surface area (Å²) in [6.45, 7) is 2.45. The summed E-state index contributed by atoms with van der Waals surface area (Å²) in [6, 6.07) is 1.67. The summed E-state index contributed by atoms with van der Waals surface area (Å²) in [6.07, 6.45) is 2.93. The Morgan fingerprint density at radius 3 is 2.96 bits per heavy atom. The van der Waals surface area contributed by atoms with Gasteiger partial charge in [-0.2, -0.15) is 13.5 Å². The van der Waals surface area contributed by atoms with Gasteiger partial charge in [-0.05, 0) is 19.4 Å². The second kappa shape index (κ2) is 5.15. The second-order valence-electron chi connectivity index (χ2n) is 5.74. The third-order valence-electron chi connectivity index (χ3n) is 4.11. The number of nitrogens with zero attached hydrogens (tertiary/aromatic N) is 4. The van der Waals surface area contributed by atoms with Crippen LogP contribution >= 0.6 is 11.3 Å². The van der Waals surface area contributed by atoms with Crippen molar-refractivity contribution in [1.82, 2.24) is 24.1 Å². The maximum Gasteiger partial charge on any atom is 0.281 e. The Balaban J connectivity index is 1.65. The summed E-state index contributed by atoms with van der Waals surface area (Å²) in [7, 11) is -2.15. The van der Waals surface area contributed by atoms with Gasteiger partial charge in [0.25, 0.3) is 15.9 Å². The SMILES string of the molecule is Cc1nn(C)c2sc(C(=O)NS(=O)(=O)c3cnc4n3CCC4)cc12. The van der Waals surface area contributed by atoms with Crippen LogP contribution in [0.4, 0.5) is 0 Å². The first-order chi connectivity index (χ1) is 11.4. The Hall–Kier alpha value is -2.20. The van der Waals surface area contributed by atoms with Crippen LogP contribution in [0.3, 0.4) is 0 Å². The Morgan fingerprint density at radius 1 is 1.42 bits per heavy atom. The third kappa shape index (κ3) is 2.25. The molecule has 1 aliphatic rings. The summed E-state index contributed by atoms with van der Waals surface area (Å²) in [5.41, 5.74) is 0.805. The van der Waals surface area contributed by atoms with Crippen LogP contribution in [0.5, 0.6) is 0 Å². The van der Waals surface area contributed by atoms with Crippen molar-refractivity contribution in [2.45, 2.75) is 31.3 Å². The molecular formula is C14H15N5O3S2. The molecule has 1 amide bonds. The lowest BCUT2D eigenvalue weighted by Gasteiger charge is -2.07. The van der Waals surface area contributed by atoms with E-state index in [1.54, 1.807) is 22.4 Å². The molecule has 0 saturated heterocycles. The maximum atomic E-state index is 12.5. The van der Waals surface area contributed by atoms with E-state index in [0.717, 1.165) is 34.6 Å². The normalized spacial score (nSPS) is 14.2. The lowest BCUT2D eigenvalue weighted by atomic mass is 10.3. The summed E-state index contributed by atoms with van der Waals surface area (Å²) in [5, 5.41) is 5.17. The summed E-state index contributed by atoms with van der Waals surface area (Å²) in [4.78, 5) is 17.7. The van der Waals surface area contributed by atoms with Gasteiger partial charge in [-0.25, -0.2) is 9.71 Å². The van der Waals surface area contributed by atoms with Gasteiger partial charge in [0.2, 0.25) is 0 Å². The van der Waals surface area contributed by atoms with Crippen LogP contribution in [-0.4, -0.2) is 33.7 Å². The van der Waals surface area contributed by atoms with Crippen LogP contribution in [0.25, 0.3) is 10.2 Å². The van der Waals surface area contributed by atoms with Crippen LogP contribution in [0.2, 0.25) is 0 Å². The molecule has 1 N–H and O–H groups in total. The van der Waals surface area contributed by atoms with Gasteiger partial charge in [-0.1, -0.05) is 0 Å². The summed E-state index contributed by atoms with van der Waals surface area (Å²) < 4.78 is 30.5. The molecule has 4 rings (SSSR count). The fourth-order valence-corrected chi connectivity index (χ4v) is 5.21. The first-order valence-electron chi connectivity index (χ1n) is 7.41. The number of carbonyl (C=O) groups excluding carboxylic acids is 1. The highest BCUT2D eigenvalue weighted by Gasteiger charge is 2.28. The maximum absolute atomic E-state index is 12.5. The van der Waals surface area contributed by atoms with Gasteiger partial charge in [0.15, 0.2) is 5.03 Å². The van der Waals surface area contributed by atoms with Crippen molar-refractivity contribution >= 4 is 37.5 Å². The molecule has 0 saturated carbocycles. The van der Waals surface area contributed by atoms with Gasteiger partial charge in [-0.15, -0.1) is 11.3 Å². The first kappa shape index (κ1) is 15.3. The topological polar surface area (TPSA) is 98.9 Å². The van der Waals surface area contributed by atoms with E-state index in [-0.39, 0.29) is 5.03 Å². The molecule has 0 bridgehead atoms. The number of imidazole rings is 1. The van der Waals surface area contributed by atoms with E-state index in [4.69, 9.17) is 0 Å². The van der Waals surface area contributed by atoms with Crippen molar-refractivity contribution in [2.75, 3.05) is 0 Å². The molecule has 0 fully saturated rings. The number of hydrogen-bond acceptors (Lipinski definition) is 6. The molecule has 8 nitrogen and oxygen atoms in total. The van der Waals surface area contributed by atoms with E-state index in [2.05, 4.69) is 14.8 Å². The molecule has 3 aromatic heterocycles. The Kier molecular flexibility index (Phi) is 3.29. The predicted molar refractivity (Wildman–Crippen MR) is 88.5 cm³/mol. The zero-order valence-corrected chi connectivity index (χ0v) is 14.7. The fourth-order valence-electron chi connectivity index (χ4n) is 2.99. The van der Waals surface area contributed by atoms with Crippen LogP contribution in [-0.2, 0) is 30.0 Å². The van der Waals surface area contributed by atoms with Gasteiger partial charge < -0.3 is 4.57 Å². The van der Waals surface area contributed by atoms with Gasteiger partial charge in [-0.3, -0.25) is 9.48 Å². The molecule has 1 aliphatic heterocycles. The number of carbonyl (C=O) groups is 1. The number of amides is 1. The molecule has 10 heteroatoms. The number of fused-ring (bicyclic) bond motifs is 2. The molecule has 4 heterocycles. The van der Waals surface area contributed by atoms with E-state index >= 15 is 0 Å². The smallest absolute Gasteiger partial charge is 0.281 e. The van der Waals surface area contributed by atoms with Crippen LogP contribution < -0.4 is 4.72 Å². The summed E-state index contributed by atoms with van der Waals surface area (Å²) >= 11 is 1.22.